The number of likely N-dealkylation sites (N-methyl/N-ethyl adjacent to an activating group) is 1. The molecule has 1 atom stereocenters. The zero-order valence-electron chi connectivity index (χ0n) is 17.9. The predicted octanol–water partition coefficient (Wildman–Crippen LogP) is 3.37. The largest absolute Gasteiger partial charge is 0.465 e. The van der Waals surface area contributed by atoms with Crippen molar-refractivity contribution in [3.63, 3.8) is 0 Å². The molecule has 1 fully saturated rings. The number of carbonyl (C=O) groups is 1. The van der Waals surface area contributed by atoms with Crippen molar-refractivity contribution < 1.29 is 13.6 Å². The Kier molecular flexibility index (Phi) is 6.18. The standard InChI is InChI=1S/C23H26ClN3O4/c1-14-10-21-16(11-17(14)24)19(28)12-22(31-21)23(29)25-13-18(20-5-4-15(2)30-20)27-8-6-26(3)7-9-27/h4-5,10-12,18H,6-9,13H2,1-3H3,(H,25,29). The minimum atomic E-state index is -0.436. The van der Waals surface area contributed by atoms with Gasteiger partial charge in [0.15, 0.2) is 11.2 Å². The van der Waals surface area contributed by atoms with Crippen molar-refractivity contribution >= 4 is 28.5 Å². The summed E-state index contributed by atoms with van der Waals surface area (Å²) in [5.74, 6) is 1.18. The van der Waals surface area contributed by atoms with Gasteiger partial charge in [0.2, 0.25) is 0 Å². The molecule has 4 rings (SSSR count). The lowest BCUT2D eigenvalue weighted by Crippen LogP contribution is -2.48. The Morgan fingerprint density at radius 1 is 1.13 bits per heavy atom. The van der Waals surface area contributed by atoms with Gasteiger partial charge in [-0.2, -0.15) is 0 Å². The molecular formula is C23H26ClN3O4. The van der Waals surface area contributed by atoms with E-state index in [4.69, 9.17) is 20.4 Å². The van der Waals surface area contributed by atoms with Crippen LogP contribution >= 0.6 is 11.6 Å². The van der Waals surface area contributed by atoms with Gasteiger partial charge in [-0.15, -0.1) is 0 Å². The maximum absolute atomic E-state index is 12.8. The first-order valence-electron chi connectivity index (χ1n) is 10.3. The Morgan fingerprint density at radius 2 is 1.87 bits per heavy atom. The van der Waals surface area contributed by atoms with Gasteiger partial charge in [-0.05, 0) is 50.7 Å². The minimum Gasteiger partial charge on any atom is -0.465 e. The summed E-state index contributed by atoms with van der Waals surface area (Å²) in [5, 5.41) is 3.76. The predicted molar refractivity (Wildman–Crippen MR) is 120 cm³/mol. The number of amides is 1. The molecule has 31 heavy (non-hydrogen) atoms. The highest BCUT2D eigenvalue weighted by Crippen LogP contribution is 2.25. The van der Waals surface area contributed by atoms with Crippen LogP contribution < -0.4 is 10.7 Å². The maximum atomic E-state index is 12.8. The molecule has 1 N–H and O–H groups in total. The highest BCUT2D eigenvalue weighted by atomic mass is 35.5. The second-order valence-electron chi connectivity index (χ2n) is 8.09. The summed E-state index contributed by atoms with van der Waals surface area (Å²) < 4.78 is 11.6. The van der Waals surface area contributed by atoms with Crippen molar-refractivity contribution in [2.45, 2.75) is 19.9 Å². The fourth-order valence-corrected chi connectivity index (χ4v) is 4.00. The summed E-state index contributed by atoms with van der Waals surface area (Å²) >= 11 is 6.11. The van der Waals surface area contributed by atoms with Gasteiger partial charge in [0, 0.05) is 43.8 Å². The summed E-state index contributed by atoms with van der Waals surface area (Å²) in [6.45, 7) is 7.72. The van der Waals surface area contributed by atoms with Crippen LogP contribution in [0.15, 0.2) is 44.0 Å². The lowest BCUT2D eigenvalue weighted by Gasteiger charge is -2.37. The molecule has 0 radical (unpaired) electrons. The molecule has 1 aliphatic heterocycles. The summed E-state index contributed by atoms with van der Waals surface area (Å²) in [6, 6.07) is 8.24. The van der Waals surface area contributed by atoms with Gasteiger partial charge in [0.1, 0.15) is 17.1 Å². The number of hydrogen-bond acceptors (Lipinski definition) is 6. The van der Waals surface area contributed by atoms with Crippen molar-refractivity contribution in [3.8, 4) is 0 Å². The molecule has 2 aromatic heterocycles. The molecule has 3 aromatic rings. The molecule has 3 heterocycles. The van der Waals surface area contributed by atoms with Gasteiger partial charge < -0.3 is 19.1 Å². The van der Waals surface area contributed by atoms with Crippen molar-refractivity contribution in [1.29, 1.82) is 0 Å². The first kappa shape index (κ1) is 21.6. The Bertz CT molecular complexity index is 1160. The SMILES string of the molecule is Cc1ccc(C(CNC(=O)c2cc(=O)c3cc(Cl)c(C)cc3o2)N2CCN(C)CC2)o1. The number of piperazine rings is 1. The number of nitrogens with zero attached hydrogens (tertiary/aromatic N) is 2. The second kappa shape index (κ2) is 8.86. The Labute approximate surface area is 185 Å². The number of furan rings is 1. The van der Waals surface area contributed by atoms with E-state index in [0.29, 0.717) is 22.5 Å². The molecule has 8 heteroatoms. The van der Waals surface area contributed by atoms with E-state index >= 15 is 0 Å². The monoisotopic (exact) mass is 443 g/mol. The van der Waals surface area contributed by atoms with Crippen LogP contribution in [0.1, 0.15) is 33.7 Å². The molecular weight excluding hydrogens is 418 g/mol. The fourth-order valence-electron chi connectivity index (χ4n) is 3.84. The lowest BCUT2D eigenvalue weighted by molar-refractivity contribution is 0.0830. The molecule has 1 unspecified atom stereocenters. The normalized spacial score (nSPS) is 16.5. The highest BCUT2D eigenvalue weighted by Gasteiger charge is 2.27. The van der Waals surface area contributed by atoms with Crippen LogP contribution in [0.5, 0.6) is 0 Å². The Hall–Kier alpha value is -2.61. The van der Waals surface area contributed by atoms with Crippen molar-refractivity contribution in [2.24, 2.45) is 0 Å². The zero-order valence-corrected chi connectivity index (χ0v) is 18.7. The first-order chi connectivity index (χ1) is 14.8. The van der Waals surface area contributed by atoms with Gasteiger partial charge in [-0.3, -0.25) is 14.5 Å². The van der Waals surface area contributed by atoms with Crippen LogP contribution in [-0.4, -0.2) is 55.5 Å². The van der Waals surface area contributed by atoms with E-state index in [-0.39, 0.29) is 17.2 Å². The van der Waals surface area contributed by atoms with Crippen molar-refractivity contribution in [1.82, 2.24) is 15.1 Å². The van der Waals surface area contributed by atoms with Gasteiger partial charge in [0.05, 0.1) is 11.4 Å². The van der Waals surface area contributed by atoms with Crippen LogP contribution in [-0.2, 0) is 0 Å². The molecule has 0 saturated carbocycles. The van der Waals surface area contributed by atoms with E-state index in [1.807, 2.05) is 26.0 Å². The van der Waals surface area contributed by atoms with Crippen LogP contribution in [0, 0.1) is 13.8 Å². The van der Waals surface area contributed by atoms with Crippen molar-refractivity contribution in [2.75, 3.05) is 39.8 Å². The molecule has 1 amide bonds. The molecule has 0 bridgehead atoms. The van der Waals surface area contributed by atoms with E-state index in [1.54, 1.807) is 12.1 Å². The van der Waals surface area contributed by atoms with Crippen LogP contribution in [0.2, 0.25) is 5.02 Å². The van der Waals surface area contributed by atoms with Gasteiger partial charge in [-0.25, -0.2) is 0 Å². The number of nitrogens with one attached hydrogen (secondary N) is 1. The summed E-state index contributed by atoms with van der Waals surface area (Å²) in [5.41, 5.74) is 0.820. The first-order valence-corrected chi connectivity index (χ1v) is 10.7. The van der Waals surface area contributed by atoms with Gasteiger partial charge in [0.25, 0.3) is 5.91 Å². The summed E-state index contributed by atoms with van der Waals surface area (Å²) in [6.07, 6.45) is 0. The number of carbonyl (C=O) groups excluding carboxylic acids is 1. The number of fused-ring (bicyclic) bond motifs is 1. The molecule has 1 saturated heterocycles. The fraction of sp³-hybridized carbons (Fsp3) is 0.391. The van der Waals surface area contributed by atoms with E-state index in [1.165, 1.54) is 6.07 Å². The number of rotatable bonds is 5. The number of halogens is 1. The van der Waals surface area contributed by atoms with Crippen LogP contribution in [0.4, 0.5) is 0 Å². The summed E-state index contributed by atoms with van der Waals surface area (Å²) in [7, 11) is 2.10. The maximum Gasteiger partial charge on any atom is 0.287 e. The number of hydrogen-bond donors (Lipinski definition) is 1. The third-order valence-electron chi connectivity index (χ3n) is 5.76. The molecule has 0 aliphatic carbocycles. The van der Waals surface area contributed by atoms with Crippen LogP contribution in [0.25, 0.3) is 11.0 Å². The lowest BCUT2D eigenvalue weighted by atomic mass is 10.1. The average molecular weight is 444 g/mol. The van der Waals surface area contributed by atoms with Crippen LogP contribution in [0.3, 0.4) is 0 Å². The Morgan fingerprint density at radius 3 is 2.55 bits per heavy atom. The van der Waals surface area contributed by atoms with E-state index < -0.39 is 5.91 Å². The molecule has 1 aliphatic rings. The van der Waals surface area contributed by atoms with E-state index in [2.05, 4.69) is 22.2 Å². The van der Waals surface area contributed by atoms with E-state index in [9.17, 15) is 9.59 Å². The van der Waals surface area contributed by atoms with Crippen molar-refractivity contribution in [3.05, 3.63) is 68.4 Å². The smallest absolute Gasteiger partial charge is 0.287 e. The summed E-state index contributed by atoms with van der Waals surface area (Å²) in [4.78, 5) is 29.9. The van der Waals surface area contributed by atoms with Gasteiger partial charge in [-0.1, -0.05) is 11.6 Å². The average Bonchev–Trinajstić information content (AvgIpc) is 3.16. The third kappa shape index (κ3) is 4.69. The third-order valence-corrected chi connectivity index (χ3v) is 6.16. The van der Waals surface area contributed by atoms with Gasteiger partial charge >= 0.3 is 0 Å². The zero-order chi connectivity index (χ0) is 22.1. The topological polar surface area (TPSA) is 78.9 Å². The highest BCUT2D eigenvalue weighted by molar-refractivity contribution is 6.32. The number of aryl methyl sites for hydroxylation is 2. The second-order valence-corrected chi connectivity index (χ2v) is 8.49. The molecule has 1 aromatic carbocycles. The molecule has 0 spiro atoms. The molecule has 7 nitrogen and oxygen atoms in total. The minimum absolute atomic E-state index is 0.0213. The quantitative estimate of drug-likeness (QED) is 0.651. The molecule has 164 valence electrons. The Balaban J connectivity index is 1.55. The number of benzene rings is 1. The van der Waals surface area contributed by atoms with E-state index in [0.717, 1.165) is 43.3 Å².